The molecule has 1 unspecified atom stereocenters. The first-order valence-corrected chi connectivity index (χ1v) is 6.15. The number of thiophene rings is 1. The van der Waals surface area contributed by atoms with Crippen LogP contribution < -0.4 is 0 Å². The molecule has 1 heterocycles. The third-order valence-corrected chi connectivity index (χ3v) is 3.64. The molecular weight excluding hydrogens is 190 g/mol. The summed E-state index contributed by atoms with van der Waals surface area (Å²) in [7, 11) is 0. The fourth-order valence-corrected chi connectivity index (χ4v) is 2.96. The highest BCUT2D eigenvalue weighted by molar-refractivity contribution is 7.12. The highest BCUT2D eigenvalue weighted by atomic mass is 32.1. The Morgan fingerprint density at radius 3 is 2.79 bits per heavy atom. The minimum atomic E-state index is 0.673. The largest absolute Gasteiger partial charge is 0.192 e. The molecule has 0 radical (unpaired) electrons. The van der Waals surface area contributed by atoms with Crippen molar-refractivity contribution in [1.29, 1.82) is 5.26 Å². The molecule has 2 rings (SSSR count). The minimum Gasteiger partial charge on any atom is -0.192 e. The van der Waals surface area contributed by atoms with Gasteiger partial charge in [-0.15, -0.1) is 11.3 Å². The Labute approximate surface area is 90.4 Å². The van der Waals surface area contributed by atoms with Crippen LogP contribution in [-0.4, -0.2) is 0 Å². The first-order chi connectivity index (χ1) is 6.81. The smallest absolute Gasteiger partial charge is 0.110 e. The van der Waals surface area contributed by atoms with E-state index in [1.54, 1.807) is 11.3 Å². The molecule has 0 spiro atoms. The Kier molecular flexibility index (Phi) is 4.16. The van der Waals surface area contributed by atoms with Crippen LogP contribution in [0.1, 0.15) is 54.8 Å². The second kappa shape index (κ2) is 5.17. The summed E-state index contributed by atoms with van der Waals surface area (Å²) in [6.45, 7) is 6.26. The molecule has 14 heavy (non-hydrogen) atoms. The topological polar surface area (TPSA) is 23.8 Å². The Hall–Kier alpha value is -0.810. The molecule has 1 aromatic rings. The highest BCUT2D eigenvalue weighted by Crippen LogP contribution is 2.36. The zero-order valence-corrected chi connectivity index (χ0v) is 9.95. The molecule has 0 bridgehead atoms. The zero-order chi connectivity index (χ0) is 10.6. The van der Waals surface area contributed by atoms with Gasteiger partial charge in [0.05, 0.1) is 0 Å². The van der Waals surface area contributed by atoms with E-state index < -0.39 is 0 Å². The zero-order valence-electron chi connectivity index (χ0n) is 9.13. The number of nitrogens with zero attached hydrogens (tertiary/aromatic N) is 1. The monoisotopic (exact) mass is 207 g/mol. The lowest BCUT2D eigenvalue weighted by atomic mass is 9.89. The number of hydrogen-bond acceptors (Lipinski definition) is 2. The normalized spacial score (nSPS) is 18.9. The fraction of sp³-hybridized carbons (Fsp3) is 0.583. The van der Waals surface area contributed by atoms with Crippen molar-refractivity contribution in [3.63, 3.8) is 0 Å². The van der Waals surface area contributed by atoms with Gasteiger partial charge in [-0.1, -0.05) is 20.8 Å². The molecule has 1 aromatic heterocycles. The third-order valence-electron chi connectivity index (χ3n) is 2.52. The quantitative estimate of drug-likeness (QED) is 0.628. The molecule has 0 fully saturated rings. The van der Waals surface area contributed by atoms with Crippen LogP contribution in [0.4, 0.5) is 0 Å². The van der Waals surface area contributed by atoms with Crippen LogP contribution in [0.25, 0.3) is 0 Å². The third kappa shape index (κ3) is 2.16. The van der Waals surface area contributed by atoms with Crippen LogP contribution >= 0.6 is 11.3 Å². The van der Waals surface area contributed by atoms with Gasteiger partial charge in [0.2, 0.25) is 0 Å². The first-order valence-electron chi connectivity index (χ1n) is 5.34. The Balaban J connectivity index is 0.000000461. The van der Waals surface area contributed by atoms with Crippen LogP contribution in [0, 0.1) is 11.3 Å². The van der Waals surface area contributed by atoms with Crippen LogP contribution in [-0.2, 0) is 6.42 Å². The van der Waals surface area contributed by atoms with E-state index in [4.69, 9.17) is 5.26 Å². The van der Waals surface area contributed by atoms with E-state index in [-0.39, 0.29) is 0 Å². The summed E-state index contributed by atoms with van der Waals surface area (Å²) in [4.78, 5) is 2.33. The van der Waals surface area contributed by atoms with Gasteiger partial charge in [-0.2, -0.15) is 5.26 Å². The second-order valence-electron chi connectivity index (χ2n) is 3.39. The summed E-state index contributed by atoms with van der Waals surface area (Å²) < 4.78 is 0. The highest BCUT2D eigenvalue weighted by Gasteiger charge is 2.18. The van der Waals surface area contributed by atoms with Gasteiger partial charge in [-0.3, -0.25) is 0 Å². The second-order valence-corrected chi connectivity index (χ2v) is 4.53. The lowest BCUT2D eigenvalue weighted by Gasteiger charge is -2.17. The van der Waals surface area contributed by atoms with E-state index in [0.717, 1.165) is 4.88 Å². The summed E-state index contributed by atoms with van der Waals surface area (Å²) >= 11 is 1.68. The molecule has 0 amide bonds. The SMILES string of the molecule is CC.CC1CCCc2sc(C#N)cc21. The average Bonchev–Trinajstić information content (AvgIpc) is 2.65. The van der Waals surface area contributed by atoms with Crippen molar-refractivity contribution in [2.45, 2.75) is 46.0 Å². The summed E-state index contributed by atoms with van der Waals surface area (Å²) in [5, 5.41) is 8.73. The van der Waals surface area contributed by atoms with E-state index >= 15 is 0 Å². The van der Waals surface area contributed by atoms with E-state index in [1.165, 1.54) is 29.7 Å². The lowest BCUT2D eigenvalue weighted by molar-refractivity contribution is 0.598. The fourth-order valence-electron chi connectivity index (χ4n) is 1.83. The molecular formula is C12H17NS. The van der Waals surface area contributed by atoms with Crippen molar-refractivity contribution in [2.75, 3.05) is 0 Å². The molecule has 0 aromatic carbocycles. The lowest BCUT2D eigenvalue weighted by Crippen LogP contribution is -2.02. The van der Waals surface area contributed by atoms with Gasteiger partial charge in [0.1, 0.15) is 10.9 Å². The van der Waals surface area contributed by atoms with Crippen LogP contribution in [0.5, 0.6) is 0 Å². The summed E-state index contributed by atoms with van der Waals surface area (Å²) in [5.41, 5.74) is 1.43. The number of nitriles is 1. The number of hydrogen-bond donors (Lipinski definition) is 0. The predicted octanol–water partition coefficient (Wildman–Crippen LogP) is 4.09. The maximum Gasteiger partial charge on any atom is 0.110 e. The van der Waals surface area contributed by atoms with Crippen molar-refractivity contribution in [1.82, 2.24) is 0 Å². The Morgan fingerprint density at radius 1 is 1.50 bits per heavy atom. The standard InChI is InChI=1S/C10H11NS.C2H6/c1-7-3-2-4-10-9(7)5-8(6-11)12-10;1-2/h5,7H,2-4H2,1H3;1-2H3. The first kappa shape index (κ1) is 11.3. The number of fused-ring (bicyclic) bond motifs is 1. The van der Waals surface area contributed by atoms with E-state index in [9.17, 15) is 0 Å². The Bertz CT molecular complexity index is 333. The van der Waals surface area contributed by atoms with Crippen LogP contribution in [0.2, 0.25) is 0 Å². The molecule has 0 saturated heterocycles. The van der Waals surface area contributed by atoms with Crippen molar-refractivity contribution in [3.05, 3.63) is 21.4 Å². The van der Waals surface area contributed by atoms with Gasteiger partial charge in [0, 0.05) is 4.88 Å². The minimum absolute atomic E-state index is 0.673. The van der Waals surface area contributed by atoms with Gasteiger partial charge in [-0.25, -0.2) is 0 Å². The maximum absolute atomic E-state index is 8.73. The molecule has 0 saturated carbocycles. The van der Waals surface area contributed by atoms with Crippen LogP contribution in [0.3, 0.4) is 0 Å². The van der Waals surface area contributed by atoms with Gasteiger partial charge in [0.25, 0.3) is 0 Å². The van der Waals surface area contributed by atoms with E-state index in [0.29, 0.717) is 5.92 Å². The molecule has 1 atom stereocenters. The van der Waals surface area contributed by atoms with Gasteiger partial charge < -0.3 is 0 Å². The van der Waals surface area contributed by atoms with E-state index in [2.05, 4.69) is 19.1 Å². The number of rotatable bonds is 0. The molecule has 1 nitrogen and oxygen atoms in total. The van der Waals surface area contributed by atoms with Crippen molar-refractivity contribution in [3.8, 4) is 6.07 Å². The van der Waals surface area contributed by atoms with Gasteiger partial charge >= 0.3 is 0 Å². The predicted molar refractivity (Wildman–Crippen MR) is 61.7 cm³/mol. The summed E-state index contributed by atoms with van der Waals surface area (Å²) in [6, 6.07) is 4.30. The van der Waals surface area contributed by atoms with Gasteiger partial charge in [-0.05, 0) is 36.8 Å². The maximum atomic E-state index is 8.73. The molecule has 1 aliphatic rings. The van der Waals surface area contributed by atoms with Gasteiger partial charge in [0.15, 0.2) is 0 Å². The molecule has 0 aliphatic heterocycles. The molecule has 0 N–H and O–H groups in total. The van der Waals surface area contributed by atoms with Crippen LogP contribution in [0.15, 0.2) is 6.07 Å². The van der Waals surface area contributed by atoms with Crippen molar-refractivity contribution in [2.24, 2.45) is 0 Å². The van der Waals surface area contributed by atoms with Crippen molar-refractivity contribution < 1.29 is 0 Å². The molecule has 2 heteroatoms. The number of aryl methyl sites for hydroxylation is 1. The molecule has 1 aliphatic carbocycles. The molecule has 76 valence electrons. The summed E-state index contributed by atoms with van der Waals surface area (Å²) in [6.07, 6.45) is 3.76. The Morgan fingerprint density at radius 2 is 2.21 bits per heavy atom. The average molecular weight is 207 g/mol. The summed E-state index contributed by atoms with van der Waals surface area (Å²) in [5.74, 6) is 0.673. The van der Waals surface area contributed by atoms with Crippen molar-refractivity contribution >= 4 is 11.3 Å². The van der Waals surface area contributed by atoms with E-state index in [1.807, 2.05) is 13.8 Å².